The maximum absolute atomic E-state index is 2.41. The molecule has 0 radical (unpaired) electrons. The van der Waals surface area contributed by atoms with Crippen LogP contribution in [0, 0.1) is 0 Å². The van der Waals surface area contributed by atoms with Crippen LogP contribution in [0.1, 0.15) is 0 Å². The zero-order valence-corrected chi connectivity index (χ0v) is 22.9. The van der Waals surface area contributed by atoms with E-state index in [0.717, 1.165) is 11.4 Å². The molecule has 0 aliphatic heterocycles. The van der Waals surface area contributed by atoms with Gasteiger partial charge in [0.2, 0.25) is 0 Å². The highest BCUT2D eigenvalue weighted by Crippen LogP contribution is 2.51. The number of aromatic nitrogens is 1. The number of fused-ring (bicyclic) bond motifs is 6. The molecule has 7 aromatic carbocycles. The molecule has 0 atom stereocenters. The predicted octanol–water partition coefficient (Wildman–Crippen LogP) is 11.1. The highest BCUT2D eigenvalue weighted by Gasteiger charge is 2.25. The molecule has 9 rings (SSSR count). The molecule has 2 nitrogen and oxygen atoms in total. The van der Waals surface area contributed by atoms with Crippen LogP contribution in [-0.4, -0.2) is 4.57 Å². The van der Waals surface area contributed by atoms with Gasteiger partial charge in [0.05, 0.1) is 16.7 Å². The molecule has 1 aromatic heterocycles. The number of hydrogen-bond donors (Lipinski definition) is 0. The first-order valence-corrected chi connectivity index (χ1v) is 14.5. The van der Waals surface area contributed by atoms with E-state index in [2.05, 4.69) is 167 Å². The normalized spacial score (nSPS) is 11.8. The van der Waals surface area contributed by atoms with Crippen LogP contribution in [-0.2, 0) is 0 Å². The first kappa shape index (κ1) is 23.1. The SMILES string of the molecule is c1ccc(N(c2ccccc2)c2ccc3c4c(cccc24)-c2cc(-n4c5ccccc5c5ccccc54)ccc2-3)cc1. The van der Waals surface area contributed by atoms with Gasteiger partial charge < -0.3 is 9.47 Å². The van der Waals surface area contributed by atoms with Crippen molar-refractivity contribution in [3.8, 4) is 27.9 Å². The average molecular weight is 535 g/mol. The van der Waals surface area contributed by atoms with Crippen LogP contribution < -0.4 is 4.90 Å². The summed E-state index contributed by atoms with van der Waals surface area (Å²) in [5.74, 6) is 0. The molecule has 0 unspecified atom stereocenters. The maximum Gasteiger partial charge on any atom is 0.0541 e. The summed E-state index contributed by atoms with van der Waals surface area (Å²) in [6.45, 7) is 0. The lowest BCUT2D eigenvalue weighted by molar-refractivity contribution is 1.18. The van der Waals surface area contributed by atoms with Crippen molar-refractivity contribution in [2.45, 2.75) is 0 Å². The lowest BCUT2D eigenvalue weighted by Crippen LogP contribution is -2.10. The Kier molecular flexibility index (Phi) is 4.93. The van der Waals surface area contributed by atoms with Crippen LogP contribution in [0.3, 0.4) is 0 Å². The van der Waals surface area contributed by atoms with Crippen molar-refractivity contribution in [3.63, 3.8) is 0 Å². The molecule has 0 spiro atoms. The fourth-order valence-corrected chi connectivity index (χ4v) is 6.95. The van der Waals surface area contributed by atoms with E-state index < -0.39 is 0 Å². The van der Waals surface area contributed by atoms with E-state index in [1.807, 2.05) is 0 Å². The van der Waals surface area contributed by atoms with E-state index in [1.165, 1.54) is 66.2 Å². The fourth-order valence-electron chi connectivity index (χ4n) is 6.95. The second-order valence-electron chi connectivity index (χ2n) is 11.0. The highest BCUT2D eigenvalue weighted by molar-refractivity contribution is 6.19. The Morgan fingerprint density at radius 3 is 1.60 bits per heavy atom. The van der Waals surface area contributed by atoms with Gasteiger partial charge >= 0.3 is 0 Å². The van der Waals surface area contributed by atoms with Crippen LogP contribution in [0.4, 0.5) is 17.1 Å². The smallest absolute Gasteiger partial charge is 0.0541 e. The van der Waals surface area contributed by atoms with Gasteiger partial charge in [-0.1, -0.05) is 103 Å². The van der Waals surface area contributed by atoms with Crippen molar-refractivity contribution in [1.82, 2.24) is 4.57 Å². The molecule has 42 heavy (non-hydrogen) atoms. The molecule has 1 aliphatic carbocycles. The Balaban J connectivity index is 1.27. The van der Waals surface area contributed by atoms with Gasteiger partial charge in [-0.05, 0) is 82.2 Å². The standard InChI is InChI=1S/C40H26N2/c1-3-12-27(13-4-1)41(28-14-5-2-6-15-28)39-25-24-34-30-23-22-29(26-36(30)33-18-11-19-35(39)40(33)34)42-37-20-9-7-16-31(37)32-17-8-10-21-38(32)42/h1-26H. The molecule has 0 amide bonds. The monoisotopic (exact) mass is 534 g/mol. The van der Waals surface area contributed by atoms with E-state index in [0.29, 0.717) is 0 Å². The van der Waals surface area contributed by atoms with Crippen LogP contribution in [0.2, 0.25) is 0 Å². The van der Waals surface area contributed by atoms with E-state index in [9.17, 15) is 0 Å². The number of nitrogens with zero attached hydrogens (tertiary/aromatic N) is 2. The Labute approximate surface area is 244 Å². The van der Waals surface area contributed by atoms with Crippen LogP contribution in [0.5, 0.6) is 0 Å². The minimum atomic E-state index is 1.15. The van der Waals surface area contributed by atoms with Crippen molar-refractivity contribution in [1.29, 1.82) is 0 Å². The van der Waals surface area contributed by atoms with Crippen molar-refractivity contribution in [2.75, 3.05) is 4.90 Å². The summed E-state index contributed by atoms with van der Waals surface area (Å²) in [5, 5.41) is 5.14. The molecule has 0 saturated carbocycles. The number of hydrogen-bond acceptors (Lipinski definition) is 1. The predicted molar refractivity (Wildman–Crippen MR) is 177 cm³/mol. The molecule has 0 bridgehead atoms. The number of benzene rings is 7. The van der Waals surface area contributed by atoms with Gasteiger partial charge in [-0.3, -0.25) is 0 Å². The molecule has 8 aromatic rings. The molecule has 1 heterocycles. The fraction of sp³-hybridized carbons (Fsp3) is 0. The number of rotatable bonds is 4. The topological polar surface area (TPSA) is 8.17 Å². The van der Waals surface area contributed by atoms with Gasteiger partial charge in [0.15, 0.2) is 0 Å². The Bertz CT molecular complexity index is 2200. The largest absolute Gasteiger partial charge is 0.310 e. The summed E-state index contributed by atoms with van der Waals surface area (Å²) in [7, 11) is 0. The summed E-state index contributed by atoms with van der Waals surface area (Å²) < 4.78 is 2.41. The molecule has 0 saturated heterocycles. The summed E-state index contributed by atoms with van der Waals surface area (Å²) in [5.41, 5.74) is 12.3. The second-order valence-corrected chi connectivity index (χ2v) is 11.0. The maximum atomic E-state index is 2.41. The Morgan fingerprint density at radius 2 is 0.929 bits per heavy atom. The minimum Gasteiger partial charge on any atom is -0.310 e. The number of anilines is 3. The van der Waals surface area contributed by atoms with E-state index in [4.69, 9.17) is 0 Å². The number of para-hydroxylation sites is 4. The third-order valence-corrected chi connectivity index (χ3v) is 8.71. The lowest BCUT2D eigenvalue weighted by atomic mass is 10.0. The molecular formula is C40H26N2. The summed E-state index contributed by atoms with van der Waals surface area (Å²) in [6, 6.07) is 57.1. The van der Waals surface area contributed by atoms with Crippen LogP contribution in [0.15, 0.2) is 158 Å². The molecule has 0 N–H and O–H groups in total. The van der Waals surface area contributed by atoms with Gasteiger partial charge in [-0.15, -0.1) is 0 Å². The van der Waals surface area contributed by atoms with Gasteiger partial charge in [-0.25, -0.2) is 0 Å². The third-order valence-electron chi connectivity index (χ3n) is 8.71. The van der Waals surface area contributed by atoms with Crippen molar-refractivity contribution < 1.29 is 0 Å². The first-order valence-electron chi connectivity index (χ1n) is 14.5. The Morgan fingerprint density at radius 1 is 0.381 bits per heavy atom. The van der Waals surface area contributed by atoms with Gasteiger partial charge in [0.25, 0.3) is 0 Å². The zero-order chi connectivity index (χ0) is 27.6. The van der Waals surface area contributed by atoms with Crippen molar-refractivity contribution in [2.24, 2.45) is 0 Å². The van der Waals surface area contributed by atoms with E-state index in [-0.39, 0.29) is 0 Å². The molecule has 2 heteroatoms. The Hall–Kier alpha value is -5.60. The molecule has 0 fully saturated rings. The van der Waals surface area contributed by atoms with Crippen molar-refractivity contribution in [3.05, 3.63) is 158 Å². The summed E-state index contributed by atoms with van der Waals surface area (Å²) in [4.78, 5) is 2.37. The quantitative estimate of drug-likeness (QED) is 0.218. The lowest BCUT2D eigenvalue weighted by Gasteiger charge is -2.27. The van der Waals surface area contributed by atoms with Gasteiger partial charge in [0.1, 0.15) is 0 Å². The van der Waals surface area contributed by atoms with Crippen LogP contribution in [0.25, 0.3) is 60.5 Å². The highest BCUT2D eigenvalue weighted by atomic mass is 15.1. The van der Waals surface area contributed by atoms with E-state index >= 15 is 0 Å². The zero-order valence-electron chi connectivity index (χ0n) is 22.9. The summed E-state index contributed by atoms with van der Waals surface area (Å²) in [6.07, 6.45) is 0. The van der Waals surface area contributed by atoms with Crippen molar-refractivity contribution >= 4 is 49.6 Å². The third kappa shape index (κ3) is 3.27. The molecule has 196 valence electrons. The van der Waals surface area contributed by atoms with E-state index in [1.54, 1.807) is 0 Å². The summed E-state index contributed by atoms with van der Waals surface area (Å²) >= 11 is 0. The van der Waals surface area contributed by atoms with Crippen LogP contribution >= 0.6 is 0 Å². The minimum absolute atomic E-state index is 1.15. The first-order chi connectivity index (χ1) is 20.9. The van der Waals surface area contributed by atoms with Gasteiger partial charge in [0, 0.05) is 33.2 Å². The second kappa shape index (κ2) is 8.95. The van der Waals surface area contributed by atoms with Gasteiger partial charge in [-0.2, -0.15) is 0 Å². The molecule has 1 aliphatic rings. The molecular weight excluding hydrogens is 508 g/mol. The average Bonchev–Trinajstić information content (AvgIpc) is 3.57.